The van der Waals surface area contributed by atoms with Gasteiger partial charge in [0, 0.05) is 29.9 Å². The Bertz CT molecular complexity index is 1720. The Kier molecular flexibility index (Phi) is 13.0. The Morgan fingerprint density at radius 2 is 1.31 bits per heavy atom. The molecular formula is C36H42N4O8S. The van der Waals surface area contributed by atoms with Gasteiger partial charge in [0.2, 0.25) is 10.0 Å². The fourth-order valence-electron chi connectivity index (χ4n) is 5.16. The fraction of sp³-hybridized carbons (Fsp3) is 0.278. The summed E-state index contributed by atoms with van der Waals surface area (Å²) in [4.78, 5) is 23.3. The van der Waals surface area contributed by atoms with Crippen molar-refractivity contribution >= 4 is 39.3 Å². The number of aliphatic hydroxyl groups is 1. The topological polar surface area (TPSA) is 164 Å². The van der Waals surface area contributed by atoms with Gasteiger partial charge in [-0.1, -0.05) is 60.7 Å². The molecule has 4 aromatic rings. The molecule has 0 spiro atoms. The molecule has 4 rings (SSSR count). The first kappa shape index (κ1) is 36.7. The third-order valence-electron chi connectivity index (χ3n) is 7.66. The van der Waals surface area contributed by atoms with Crippen LogP contribution in [0.2, 0.25) is 0 Å². The van der Waals surface area contributed by atoms with Crippen LogP contribution in [0.3, 0.4) is 0 Å². The van der Waals surface area contributed by atoms with E-state index in [0.29, 0.717) is 29.1 Å². The highest BCUT2D eigenvalue weighted by Gasteiger charge is 2.20. The smallest absolute Gasteiger partial charge is 0.411 e. The molecule has 0 aromatic heterocycles. The zero-order valence-electron chi connectivity index (χ0n) is 27.8. The third-order valence-corrected chi connectivity index (χ3v) is 8.25. The van der Waals surface area contributed by atoms with Gasteiger partial charge >= 0.3 is 12.2 Å². The molecule has 260 valence electrons. The molecule has 13 heteroatoms. The minimum absolute atomic E-state index is 0.0810. The molecule has 2 amide bonds. The maximum atomic E-state index is 12.1. The Hall–Kier alpha value is -5.11. The molecule has 0 saturated heterocycles. The van der Waals surface area contributed by atoms with Crippen LogP contribution in [-0.4, -0.2) is 58.8 Å². The van der Waals surface area contributed by atoms with Crippen LogP contribution in [0, 0.1) is 0 Å². The highest BCUT2D eigenvalue weighted by molar-refractivity contribution is 7.92. The number of amides is 2. The van der Waals surface area contributed by atoms with E-state index < -0.39 is 28.3 Å². The molecule has 0 saturated carbocycles. The van der Waals surface area contributed by atoms with E-state index in [1.54, 1.807) is 42.5 Å². The van der Waals surface area contributed by atoms with E-state index in [0.717, 1.165) is 22.9 Å². The Morgan fingerprint density at radius 3 is 1.82 bits per heavy atom. The summed E-state index contributed by atoms with van der Waals surface area (Å²) < 4.78 is 42.0. The number of rotatable bonds is 15. The lowest BCUT2D eigenvalue weighted by molar-refractivity contribution is 0.169. The zero-order chi connectivity index (χ0) is 35.4. The number of carbonyl (C=O) groups excluding carboxylic acids is 2. The highest BCUT2D eigenvalue weighted by Crippen LogP contribution is 2.32. The summed E-state index contributed by atoms with van der Waals surface area (Å²) in [7, 11) is -1.02. The van der Waals surface area contributed by atoms with Crippen molar-refractivity contribution in [2.24, 2.45) is 0 Å². The van der Waals surface area contributed by atoms with Crippen molar-refractivity contribution in [3.63, 3.8) is 0 Å². The maximum absolute atomic E-state index is 12.1. The quantitative estimate of drug-likeness (QED) is 0.0973. The number of hydrogen-bond donors (Lipinski definition) is 5. The summed E-state index contributed by atoms with van der Waals surface area (Å²) in [5.74, 6) is 0.251. The monoisotopic (exact) mass is 690 g/mol. The number of hydrogen-bond acceptors (Lipinski definition) is 9. The largest absolute Gasteiger partial charge is 0.487 e. The van der Waals surface area contributed by atoms with Crippen LogP contribution < -0.4 is 25.4 Å². The van der Waals surface area contributed by atoms with E-state index in [9.17, 15) is 23.1 Å². The van der Waals surface area contributed by atoms with Gasteiger partial charge < -0.3 is 24.6 Å². The maximum Gasteiger partial charge on any atom is 0.411 e. The van der Waals surface area contributed by atoms with Crippen LogP contribution in [0.25, 0.3) is 0 Å². The Morgan fingerprint density at radius 1 is 0.776 bits per heavy atom. The van der Waals surface area contributed by atoms with E-state index in [1.807, 2.05) is 61.5 Å². The van der Waals surface area contributed by atoms with Crippen molar-refractivity contribution in [3.8, 4) is 5.75 Å². The van der Waals surface area contributed by atoms with Crippen LogP contribution in [0.5, 0.6) is 5.75 Å². The van der Waals surface area contributed by atoms with Crippen molar-refractivity contribution in [2.75, 3.05) is 42.4 Å². The number of anilines is 3. The predicted molar refractivity (Wildman–Crippen MR) is 190 cm³/mol. The molecule has 0 heterocycles. The van der Waals surface area contributed by atoms with Crippen molar-refractivity contribution in [1.29, 1.82) is 0 Å². The zero-order valence-corrected chi connectivity index (χ0v) is 28.6. The van der Waals surface area contributed by atoms with Crippen molar-refractivity contribution in [2.45, 2.75) is 38.0 Å². The summed E-state index contributed by atoms with van der Waals surface area (Å²) in [6.45, 7) is 2.45. The number of ether oxygens (including phenoxy) is 3. The number of aliphatic hydroxyl groups excluding tert-OH is 1. The van der Waals surface area contributed by atoms with Gasteiger partial charge in [0.1, 0.15) is 12.4 Å². The average Bonchev–Trinajstić information content (AvgIpc) is 3.09. The van der Waals surface area contributed by atoms with Crippen molar-refractivity contribution in [1.82, 2.24) is 5.32 Å². The van der Waals surface area contributed by atoms with Crippen LogP contribution in [0.15, 0.2) is 97.1 Å². The van der Waals surface area contributed by atoms with Gasteiger partial charge in [-0.15, -0.1) is 0 Å². The van der Waals surface area contributed by atoms with Gasteiger partial charge in [-0.25, -0.2) is 18.0 Å². The fourth-order valence-corrected chi connectivity index (χ4v) is 5.72. The van der Waals surface area contributed by atoms with Crippen LogP contribution in [0.4, 0.5) is 26.7 Å². The van der Waals surface area contributed by atoms with Crippen LogP contribution in [-0.2, 0) is 26.1 Å². The second kappa shape index (κ2) is 17.3. The first-order valence-electron chi connectivity index (χ1n) is 15.5. The molecule has 0 unspecified atom stereocenters. The number of methoxy groups -OCH3 is 2. The van der Waals surface area contributed by atoms with Crippen LogP contribution in [0.1, 0.15) is 47.6 Å². The van der Waals surface area contributed by atoms with E-state index in [2.05, 4.69) is 30.1 Å². The normalized spacial score (nSPS) is 12.4. The second-order valence-corrected chi connectivity index (χ2v) is 13.2. The summed E-state index contributed by atoms with van der Waals surface area (Å²) in [5.41, 5.74) is 4.82. The average molecular weight is 691 g/mol. The Balaban J connectivity index is 1.47. The summed E-state index contributed by atoms with van der Waals surface area (Å²) in [6, 6.07) is 29.3. The van der Waals surface area contributed by atoms with E-state index in [1.165, 1.54) is 14.2 Å². The van der Waals surface area contributed by atoms with Crippen LogP contribution >= 0.6 is 0 Å². The summed E-state index contributed by atoms with van der Waals surface area (Å²) in [6.07, 6.45) is -0.390. The first-order chi connectivity index (χ1) is 23.4. The number of sulfonamides is 1. The summed E-state index contributed by atoms with van der Waals surface area (Å²) >= 11 is 0. The first-order valence-corrected chi connectivity index (χ1v) is 17.4. The molecule has 0 bridgehead atoms. The van der Waals surface area contributed by atoms with E-state index in [-0.39, 0.29) is 30.8 Å². The highest BCUT2D eigenvalue weighted by atomic mass is 32.2. The molecule has 5 N–H and O–H groups in total. The lowest BCUT2D eigenvalue weighted by Crippen LogP contribution is -2.32. The molecule has 0 aliphatic rings. The van der Waals surface area contributed by atoms with Gasteiger partial charge in [-0.3, -0.25) is 15.4 Å². The van der Waals surface area contributed by atoms with Crippen molar-refractivity contribution < 1.29 is 37.3 Å². The molecule has 49 heavy (non-hydrogen) atoms. The van der Waals surface area contributed by atoms with Gasteiger partial charge in [-0.2, -0.15) is 0 Å². The number of nitrogens with one attached hydrogen (secondary N) is 4. The molecule has 0 radical (unpaired) electrons. The van der Waals surface area contributed by atoms with Crippen molar-refractivity contribution in [3.05, 3.63) is 119 Å². The molecule has 2 atom stereocenters. The SMILES string of the molecule is COC(=O)Nc1ccc(C(C[C@H](C)NC[C@H](O)c2ccc(OCc3ccccc3)c(NS(C)(=O)=O)c2)c2ccc(NC(=O)OC)cc2)cc1. The molecule has 0 aliphatic heterocycles. The lowest BCUT2D eigenvalue weighted by atomic mass is 9.86. The van der Waals surface area contributed by atoms with Gasteiger partial charge in [0.05, 0.1) is 32.3 Å². The predicted octanol–water partition coefficient (Wildman–Crippen LogP) is 6.23. The van der Waals surface area contributed by atoms with E-state index >= 15 is 0 Å². The number of carbonyl (C=O) groups is 2. The molecular weight excluding hydrogens is 648 g/mol. The van der Waals surface area contributed by atoms with Gasteiger partial charge in [0.25, 0.3) is 0 Å². The molecule has 0 aliphatic carbocycles. The standard InChI is InChI=1S/C36H42N4O8S/c1-24(37-22-33(41)28-14-19-34(32(21-28)40-49(4,44)45)48-23-25-8-6-5-7-9-25)20-31(26-10-15-29(16-11-26)38-35(42)46-2)27-12-17-30(18-13-27)39-36(43)47-3/h5-19,21,24,31,33,37,40-41H,20,22-23H2,1-4H3,(H,38,42)(H,39,43)/t24-,33-/m0/s1. The molecule has 12 nitrogen and oxygen atoms in total. The minimum atomic E-state index is -3.62. The minimum Gasteiger partial charge on any atom is -0.487 e. The lowest BCUT2D eigenvalue weighted by Gasteiger charge is -2.25. The van der Waals surface area contributed by atoms with E-state index in [4.69, 9.17) is 4.74 Å². The summed E-state index contributed by atoms with van der Waals surface area (Å²) in [5, 5.41) is 19.8. The molecule has 0 fully saturated rings. The van der Waals surface area contributed by atoms with Gasteiger partial charge in [-0.05, 0) is 72.0 Å². The van der Waals surface area contributed by atoms with Gasteiger partial charge in [0.15, 0.2) is 0 Å². The molecule has 4 aromatic carbocycles. The Labute approximate surface area is 286 Å². The number of benzene rings is 4. The third kappa shape index (κ3) is 11.5. The second-order valence-electron chi connectivity index (χ2n) is 11.5.